The van der Waals surface area contributed by atoms with Crippen LogP contribution in [0, 0.1) is 0 Å². The van der Waals surface area contributed by atoms with E-state index in [0.717, 1.165) is 15.6 Å². The van der Waals surface area contributed by atoms with Gasteiger partial charge < -0.3 is 4.74 Å². The molecular weight excluding hydrogens is 456 g/mol. The minimum atomic E-state index is -0.530. The van der Waals surface area contributed by atoms with E-state index in [1.807, 2.05) is 24.3 Å². The van der Waals surface area contributed by atoms with Crippen LogP contribution in [0.3, 0.4) is 0 Å². The molecule has 0 heterocycles. The predicted octanol–water partition coefficient (Wildman–Crippen LogP) is 5.01. The fraction of sp³-hybridized carbons (Fsp3) is 0.0455. The first-order valence-corrected chi connectivity index (χ1v) is 9.81. The average molecular weight is 472 g/mol. The van der Waals surface area contributed by atoms with Crippen molar-refractivity contribution in [2.45, 2.75) is 6.42 Å². The summed E-state index contributed by atoms with van der Waals surface area (Å²) < 4.78 is 6.27. The maximum atomic E-state index is 12.2. The van der Waals surface area contributed by atoms with Crippen LogP contribution in [0.25, 0.3) is 0 Å². The van der Waals surface area contributed by atoms with E-state index in [2.05, 4.69) is 26.5 Å². The molecular formula is C22H16BrClN2O3. The van der Waals surface area contributed by atoms with Crippen molar-refractivity contribution in [3.63, 3.8) is 0 Å². The summed E-state index contributed by atoms with van der Waals surface area (Å²) in [5, 5.41) is 4.28. The molecule has 0 aliphatic heterocycles. The quantitative estimate of drug-likeness (QED) is 0.238. The molecule has 0 fully saturated rings. The van der Waals surface area contributed by atoms with Crippen molar-refractivity contribution in [3.8, 4) is 5.75 Å². The second kappa shape index (κ2) is 10.0. The van der Waals surface area contributed by atoms with E-state index in [4.69, 9.17) is 16.3 Å². The minimum absolute atomic E-state index is 0.214. The number of halogens is 2. The van der Waals surface area contributed by atoms with Crippen molar-refractivity contribution in [1.29, 1.82) is 0 Å². The van der Waals surface area contributed by atoms with Gasteiger partial charge in [0.2, 0.25) is 5.91 Å². The zero-order chi connectivity index (χ0) is 20.6. The van der Waals surface area contributed by atoms with Gasteiger partial charge in [-0.15, -0.1) is 0 Å². The Balaban J connectivity index is 1.52. The van der Waals surface area contributed by atoms with E-state index < -0.39 is 5.97 Å². The van der Waals surface area contributed by atoms with Gasteiger partial charge in [-0.05, 0) is 59.7 Å². The number of ether oxygens (including phenoxy) is 1. The highest BCUT2D eigenvalue weighted by Gasteiger charge is 2.11. The Morgan fingerprint density at radius 2 is 1.69 bits per heavy atom. The van der Waals surface area contributed by atoms with Gasteiger partial charge in [-0.2, -0.15) is 5.10 Å². The van der Waals surface area contributed by atoms with Crippen LogP contribution < -0.4 is 10.2 Å². The van der Waals surface area contributed by atoms with Gasteiger partial charge in [0.1, 0.15) is 5.75 Å². The number of carbonyl (C=O) groups excluding carboxylic acids is 2. The average Bonchev–Trinajstić information content (AvgIpc) is 2.71. The highest BCUT2D eigenvalue weighted by Crippen LogP contribution is 2.19. The number of nitrogens with one attached hydrogen (secondary N) is 1. The summed E-state index contributed by atoms with van der Waals surface area (Å²) in [6.07, 6.45) is 1.75. The summed E-state index contributed by atoms with van der Waals surface area (Å²) >= 11 is 9.35. The number of amides is 1. The molecule has 0 saturated heterocycles. The number of rotatable bonds is 6. The molecule has 7 heteroatoms. The Bertz CT molecular complexity index is 1030. The van der Waals surface area contributed by atoms with Crippen LogP contribution in [0.15, 0.2) is 82.4 Å². The third-order valence-corrected chi connectivity index (χ3v) is 4.72. The lowest BCUT2D eigenvalue weighted by Crippen LogP contribution is -2.19. The number of nitrogens with zero attached hydrogens (tertiary/aromatic N) is 1. The molecule has 0 aliphatic carbocycles. The molecule has 146 valence electrons. The maximum absolute atomic E-state index is 12.2. The monoisotopic (exact) mass is 470 g/mol. The van der Waals surface area contributed by atoms with Gasteiger partial charge in [0.25, 0.3) is 0 Å². The topological polar surface area (TPSA) is 67.8 Å². The lowest BCUT2D eigenvalue weighted by atomic mass is 10.1. The van der Waals surface area contributed by atoms with Crippen molar-refractivity contribution < 1.29 is 14.3 Å². The number of carbonyl (C=O) groups is 2. The third kappa shape index (κ3) is 6.27. The van der Waals surface area contributed by atoms with Gasteiger partial charge in [0.15, 0.2) is 0 Å². The van der Waals surface area contributed by atoms with Gasteiger partial charge in [0, 0.05) is 4.47 Å². The summed E-state index contributed by atoms with van der Waals surface area (Å²) in [6.45, 7) is 0. The SMILES string of the molecule is O=C(Cc1ccc(Br)cc1)N/N=C/c1ccc(OC(=O)c2ccccc2Cl)cc1. The molecule has 3 rings (SSSR count). The Morgan fingerprint density at radius 1 is 1.00 bits per heavy atom. The lowest BCUT2D eigenvalue weighted by Gasteiger charge is -2.06. The number of esters is 1. The van der Waals surface area contributed by atoms with Crippen LogP contribution in [0.5, 0.6) is 5.75 Å². The van der Waals surface area contributed by atoms with Crippen LogP contribution in [-0.4, -0.2) is 18.1 Å². The van der Waals surface area contributed by atoms with E-state index in [1.165, 1.54) is 6.21 Å². The normalized spacial score (nSPS) is 10.7. The van der Waals surface area contributed by atoms with Crippen molar-refractivity contribution in [2.24, 2.45) is 5.10 Å². The van der Waals surface area contributed by atoms with Gasteiger partial charge in [-0.1, -0.05) is 51.8 Å². The molecule has 3 aromatic carbocycles. The number of hydrogen-bond donors (Lipinski definition) is 1. The highest BCUT2D eigenvalue weighted by atomic mass is 79.9. The lowest BCUT2D eigenvalue weighted by molar-refractivity contribution is -0.120. The zero-order valence-corrected chi connectivity index (χ0v) is 17.5. The summed E-state index contributed by atoms with van der Waals surface area (Å²) in [7, 11) is 0. The first kappa shape index (κ1) is 20.8. The van der Waals surface area contributed by atoms with Crippen molar-refractivity contribution in [2.75, 3.05) is 0 Å². The molecule has 0 atom stereocenters. The molecule has 0 bridgehead atoms. The van der Waals surface area contributed by atoms with Crippen molar-refractivity contribution in [1.82, 2.24) is 5.43 Å². The van der Waals surface area contributed by atoms with E-state index in [-0.39, 0.29) is 12.3 Å². The van der Waals surface area contributed by atoms with E-state index in [1.54, 1.807) is 48.5 Å². The predicted molar refractivity (Wildman–Crippen MR) is 116 cm³/mol. The largest absolute Gasteiger partial charge is 0.423 e. The molecule has 0 spiro atoms. The highest BCUT2D eigenvalue weighted by molar-refractivity contribution is 9.10. The van der Waals surface area contributed by atoms with E-state index >= 15 is 0 Å². The summed E-state index contributed by atoms with van der Waals surface area (Å²) in [4.78, 5) is 24.1. The van der Waals surface area contributed by atoms with Crippen LogP contribution in [-0.2, 0) is 11.2 Å². The first-order valence-electron chi connectivity index (χ1n) is 8.64. The van der Waals surface area contributed by atoms with Gasteiger partial charge in [0.05, 0.1) is 23.2 Å². The summed E-state index contributed by atoms with van der Waals surface area (Å²) in [5.74, 6) is -0.363. The number of hydrogen-bond acceptors (Lipinski definition) is 4. The summed E-state index contributed by atoms with van der Waals surface area (Å²) in [5.41, 5.74) is 4.42. The molecule has 0 aliphatic rings. The molecule has 29 heavy (non-hydrogen) atoms. The Labute approximate surface area is 181 Å². The number of benzene rings is 3. The second-order valence-electron chi connectivity index (χ2n) is 6.03. The minimum Gasteiger partial charge on any atom is -0.423 e. The van der Waals surface area contributed by atoms with E-state index in [9.17, 15) is 9.59 Å². The smallest absolute Gasteiger partial charge is 0.345 e. The third-order valence-electron chi connectivity index (χ3n) is 3.87. The second-order valence-corrected chi connectivity index (χ2v) is 7.36. The van der Waals surface area contributed by atoms with Crippen molar-refractivity contribution in [3.05, 3.63) is 99.0 Å². The van der Waals surface area contributed by atoms with E-state index in [0.29, 0.717) is 16.3 Å². The van der Waals surface area contributed by atoms with Crippen LogP contribution >= 0.6 is 27.5 Å². The Hall–Kier alpha value is -2.96. The summed E-state index contributed by atoms with van der Waals surface area (Å²) in [6, 6.07) is 20.9. The van der Waals surface area contributed by atoms with Crippen LogP contribution in [0.2, 0.25) is 5.02 Å². The molecule has 1 amide bonds. The fourth-order valence-electron chi connectivity index (χ4n) is 2.42. The molecule has 1 N–H and O–H groups in total. The maximum Gasteiger partial charge on any atom is 0.345 e. The van der Waals surface area contributed by atoms with Gasteiger partial charge >= 0.3 is 5.97 Å². The van der Waals surface area contributed by atoms with Crippen LogP contribution in [0.1, 0.15) is 21.5 Å². The van der Waals surface area contributed by atoms with Gasteiger partial charge in [-0.3, -0.25) is 4.79 Å². The molecule has 5 nitrogen and oxygen atoms in total. The standard InChI is InChI=1S/C22H16BrClN2O3/c23-17-9-5-15(6-10-17)13-21(27)26-25-14-16-7-11-18(12-8-16)29-22(28)19-3-1-2-4-20(19)24/h1-12,14H,13H2,(H,26,27)/b25-14+. The Morgan fingerprint density at radius 3 is 2.38 bits per heavy atom. The van der Waals surface area contributed by atoms with Gasteiger partial charge in [-0.25, -0.2) is 10.2 Å². The fourth-order valence-corrected chi connectivity index (χ4v) is 2.89. The molecule has 3 aromatic rings. The molecule has 0 aromatic heterocycles. The van der Waals surface area contributed by atoms with Crippen molar-refractivity contribution >= 4 is 45.6 Å². The van der Waals surface area contributed by atoms with Crippen LogP contribution in [0.4, 0.5) is 0 Å². The number of hydrazone groups is 1. The molecule has 0 radical (unpaired) electrons. The Kier molecular flexibility index (Phi) is 7.16. The first-order chi connectivity index (χ1) is 14.0. The zero-order valence-electron chi connectivity index (χ0n) is 15.1. The molecule has 0 saturated carbocycles. The molecule has 0 unspecified atom stereocenters.